The quantitative estimate of drug-likeness (QED) is 0.828. The van der Waals surface area contributed by atoms with Crippen molar-refractivity contribution in [3.05, 3.63) is 29.6 Å². The molecule has 1 saturated heterocycles. The number of nitrogens with zero attached hydrogens (tertiary/aromatic N) is 1. The van der Waals surface area contributed by atoms with E-state index in [-0.39, 0.29) is 22.5 Å². The lowest BCUT2D eigenvalue weighted by Crippen LogP contribution is -2.47. The Bertz CT molecular complexity index is 616. The highest BCUT2D eigenvalue weighted by Crippen LogP contribution is 2.26. The van der Waals surface area contributed by atoms with Crippen molar-refractivity contribution in [2.45, 2.75) is 13.0 Å². The van der Waals surface area contributed by atoms with Crippen LogP contribution in [0.4, 0.5) is 10.1 Å². The van der Waals surface area contributed by atoms with Gasteiger partial charge in [-0.05, 0) is 25.1 Å². The summed E-state index contributed by atoms with van der Waals surface area (Å²) in [6, 6.07) is 4.02. The van der Waals surface area contributed by atoms with Crippen molar-refractivity contribution in [3.63, 3.8) is 0 Å². The highest BCUT2D eigenvalue weighted by molar-refractivity contribution is 7.91. The molecule has 0 saturated carbocycles. The van der Waals surface area contributed by atoms with Gasteiger partial charge < -0.3 is 10.6 Å². The van der Waals surface area contributed by atoms with Crippen LogP contribution in [0, 0.1) is 5.82 Å². The highest BCUT2D eigenvalue weighted by Gasteiger charge is 2.29. The largest absolute Gasteiger partial charge is 0.389 e. The summed E-state index contributed by atoms with van der Waals surface area (Å²) >= 11 is 4.93. The number of rotatable bonds is 2. The Morgan fingerprint density at radius 1 is 1.53 bits per heavy atom. The number of anilines is 1. The van der Waals surface area contributed by atoms with E-state index in [4.69, 9.17) is 18.0 Å². The van der Waals surface area contributed by atoms with Crippen LogP contribution in [0.2, 0.25) is 0 Å². The number of hydrogen-bond donors (Lipinski definition) is 1. The molecule has 1 aromatic rings. The summed E-state index contributed by atoms with van der Waals surface area (Å²) in [6.07, 6.45) is 0. The van der Waals surface area contributed by atoms with Gasteiger partial charge in [-0.3, -0.25) is 0 Å². The van der Waals surface area contributed by atoms with Crippen molar-refractivity contribution in [3.8, 4) is 0 Å². The standard InChI is InChI=1S/C12H15FN2O2S2/c1-8-7-19(16,17)5-4-15(8)11-3-2-9(13)6-10(11)12(14)18/h2-3,6,8H,4-5,7H2,1H3,(H2,14,18). The molecule has 19 heavy (non-hydrogen) atoms. The van der Waals surface area contributed by atoms with Crippen LogP contribution in [-0.2, 0) is 9.84 Å². The van der Waals surface area contributed by atoms with E-state index in [1.165, 1.54) is 12.1 Å². The molecule has 0 aliphatic carbocycles. The van der Waals surface area contributed by atoms with Gasteiger partial charge in [0.25, 0.3) is 0 Å². The van der Waals surface area contributed by atoms with E-state index in [1.807, 2.05) is 11.8 Å². The normalized spacial score (nSPS) is 22.2. The van der Waals surface area contributed by atoms with Gasteiger partial charge in [0.05, 0.1) is 11.5 Å². The zero-order chi connectivity index (χ0) is 14.2. The lowest BCUT2D eigenvalue weighted by Gasteiger charge is -2.36. The summed E-state index contributed by atoms with van der Waals surface area (Å²) in [5, 5.41) is 0. The van der Waals surface area contributed by atoms with Crippen molar-refractivity contribution in [1.82, 2.24) is 0 Å². The van der Waals surface area contributed by atoms with Crippen molar-refractivity contribution in [2.24, 2.45) is 5.73 Å². The van der Waals surface area contributed by atoms with E-state index in [0.717, 1.165) is 0 Å². The van der Waals surface area contributed by atoms with Gasteiger partial charge in [0.2, 0.25) is 0 Å². The zero-order valence-corrected chi connectivity index (χ0v) is 12.1. The first-order valence-corrected chi connectivity index (χ1v) is 8.09. The number of thiocarbonyl (C=S) groups is 1. The number of halogens is 1. The van der Waals surface area contributed by atoms with E-state index >= 15 is 0 Å². The molecule has 1 heterocycles. The van der Waals surface area contributed by atoms with Gasteiger partial charge in [0.15, 0.2) is 9.84 Å². The summed E-state index contributed by atoms with van der Waals surface area (Å²) in [6.45, 7) is 2.19. The number of benzene rings is 1. The Kier molecular flexibility index (Phi) is 3.78. The van der Waals surface area contributed by atoms with E-state index in [2.05, 4.69) is 0 Å². The van der Waals surface area contributed by atoms with Gasteiger partial charge in [0.1, 0.15) is 10.8 Å². The fourth-order valence-electron chi connectivity index (χ4n) is 2.31. The molecular formula is C12H15FN2O2S2. The Hall–Kier alpha value is -1.21. The van der Waals surface area contributed by atoms with Crippen LogP contribution in [0.25, 0.3) is 0 Å². The van der Waals surface area contributed by atoms with Crippen LogP contribution in [0.1, 0.15) is 12.5 Å². The molecule has 0 bridgehead atoms. The summed E-state index contributed by atoms with van der Waals surface area (Å²) in [4.78, 5) is 2.02. The molecule has 1 aliphatic rings. The molecule has 0 spiro atoms. The Morgan fingerprint density at radius 2 is 2.21 bits per heavy atom. The maximum Gasteiger partial charge on any atom is 0.154 e. The fourth-order valence-corrected chi connectivity index (χ4v) is 4.03. The molecule has 0 aromatic heterocycles. The third kappa shape index (κ3) is 3.03. The molecule has 2 rings (SSSR count). The van der Waals surface area contributed by atoms with Crippen molar-refractivity contribution in [1.29, 1.82) is 0 Å². The van der Waals surface area contributed by atoms with Gasteiger partial charge in [0, 0.05) is 23.8 Å². The van der Waals surface area contributed by atoms with Crippen LogP contribution in [0.3, 0.4) is 0 Å². The molecule has 1 aliphatic heterocycles. The molecule has 0 amide bonds. The molecule has 1 aromatic carbocycles. The monoisotopic (exact) mass is 302 g/mol. The molecule has 4 nitrogen and oxygen atoms in total. The molecule has 104 valence electrons. The number of sulfone groups is 1. The lowest BCUT2D eigenvalue weighted by atomic mass is 10.1. The first kappa shape index (κ1) is 14.2. The SMILES string of the molecule is CC1CS(=O)(=O)CCN1c1ccc(F)cc1C(N)=S. The average molecular weight is 302 g/mol. The van der Waals surface area contributed by atoms with E-state index in [9.17, 15) is 12.8 Å². The second-order valence-electron chi connectivity index (χ2n) is 4.68. The van der Waals surface area contributed by atoms with Gasteiger partial charge in [-0.25, -0.2) is 12.8 Å². The minimum atomic E-state index is -2.99. The lowest BCUT2D eigenvalue weighted by molar-refractivity contribution is 0.567. The summed E-state index contributed by atoms with van der Waals surface area (Å²) < 4.78 is 36.4. The first-order chi connectivity index (χ1) is 8.80. The number of nitrogens with two attached hydrogens (primary N) is 1. The van der Waals surface area contributed by atoms with E-state index in [0.29, 0.717) is 17.8 Å². The molecule has 1 unspecified atom stereocenters. The molecule has 1 atom stereocenters. The van der Waals surface area contributed by atoms with E-state index < -0.39 is 15.7 Å². The van der Waals surface area contributed by atoms with Gasteiger partial charge in [-0.15, -0.1) is 0 Å². The highest BCUT2D eigenvalue weighted by atomic mass is 32.2. The van der Waals surface area contributed by atoms with Crippen LogP contribution >= 0.6 is 12.2 Å². The van der Waals surface area contributed by atoms with Crippen molar-refractivity contribution < 1.29 is 12.8 Å². The number of hydrogen-bond acceptors (Lipinski definition) is 4. The minimum absolute atomic E-state index is 0.0845. The maximum atomic E-state index is 13.3. The summed E-state index contributed by atoms with van der Waals surface area (Å²) in [5.41, 5.74) is 6.75. The summed E-state index contributed by atoms with van der Waals surface area (Å²) in [5.74, 6) is -0.240. The van der Waals surface area contributed by atoms with Crippen molar-refractivity contribution in [2.75, 3.05) is 23.0 Å². The molecule has 2 N–H and O–H groups in total. The van der Waals surface area contributed by atoms with Crippen molar-refractivity contribution >= 4 is 32.7 Å². The molecule has 0 radical (unpaired) electrons. The van der Waals surface area contributed by atoms with Crippen LogP contribution in [-0.4, -0.2) is 37.5 Å². The predicted molar refractivity (Wildman–Crippen MR) is 77.7 cm³/mol. The Balaban J connectivity index is 2.40. The average Bonchev–Trinajstić information content (AvgIpc) is 2.28. The third-order valence-electron chi connectivity index (χ3n) is 3.20. The van der Waals surface area contributed by atoms with E-state index in [1.54, 1.807) is 6.07 Å². The molecule has 1 fully saturated rings. The second-order valence-corrected chi connectivity index (χ2v) is 7.35. The third-order valence-corrected chi connectivity index (χ3v) is 5.22. The van der Waals surface area contributed by atoms with Crippen LogP contribution in [0.15, 0.2) is 18.2 Å². The smallest absolute Gasteiger partial charge is 0.154 e. The van der Waals surface area contributed by atoms with Gasteiger partial charge in [-0.2, -0.15) is 0 Å². The Labute approximate surface area is 117 Å². The van der Waals surface area contributed by atoms with Crippen LogP contribution < -0.4 is 10.6 Å². The molecular weight excluding hydrogens is 287 g/mol. The first-order valence-electron chi connectivity index (χ1n) is 5.86. The fraction of sp³-hybridized carbons (Fsp3) is 0.417. The Morgan fingerprint density at radius 3 is 2.79 bits per heavy atom. The zero-order valence-electron chi connectivity index (χ0n) is 10.5. The maximum absolute atomic E-state index is 13.3. The second kappa shape index (κ2) is 5.05. The predicted octanol–water partition coefficient (Wildman–Crippen LogP) is 1.08. The van der Waals surface area contributed by atoms with Gasteiger partial charge >= 0.3 is 0 Å². The van der Waals surface area contributed by atoms with Crippen LogP contribution in [0.5, 0.6) is 0 Å². The molecule has 7 heteroatoms. The minimum Gasteiger partial charge on any atom is -0.389 e. The van der Waals surface area contributed by atoms with Gasteiger partial charge in [-0.1, -0.05) is 12.2 Å². The summed E-state index contributed by atoms with van der Waals surface area (Å²) in [7, 11) is -2.99. The topological polar surface area (TPSA) is 63.4 Å².